The molecule has 0 saturated heterocycles. The summed E-state index contributed by atoms with van der Waals surface area (Å²) >= 11 is 0. The molecule has 0 aliphatic carbocycles. The predicted octanol–water partition coefficient (Wildman–Crippen LogP) is 0.715. The van der Waals surface area contributed by atoms with Crippen LogP contribution in [0.1, 0.15) is 10.4 Å². The molecule has 130 valence electrons. The highest BCUT2D eigenvalue weighted by molar-refractivity contribution is 6.01. The standard InChI is InChI=1S/C17H20N6O2/c18-16(19)23-17(20)22-14-9-5-4-8-13(14)15(24)21-10-11-25-12-6-2-1-3-7-12/h1-9H,10-11H2,(H,21,24)(H6,18,19,20,22,23). The van der Waals surface area contributed by atoms with Gasteiger partial charge in [-0.15, -0.1) is 0 Å². The highest BCUT2D eigenvalue weighted by atomic mass is 16.5. The summed E-state index contributed by atoms with van der Waals surface area (Å²) in [6.45, 7) is 0.687. The smallest absolute Gasteiger partial charge is 0.253 e. The minimum Gasteiger partial charge on any atom is -0.492 e. The molecule has 2 aromatic rings. The molecular weight excluding hydrogens is 320 g/mol. The van der Waals surface area contributed by atoms with Gasteiger partial charge in [0.2, 0.25) is 5.96 Å². The number of para-hydroxylation sites is 2. The van der Waals surface area contributed by atoms with Crippen LogP contribution in [0.4, 0.5) is 5.69 Å². The number of carbonyl (C=O) groups excluding carboxylic acids is 1. The van der Waals surface area contributed by atoms with Crippen LogP contribution < -0.4 is 27.3 Å². The Balaban J connectivity index is 1.96. The summed E-state index contributed by atoms with van der Waals surface area (Å²) < 4.78 is 5.52. The summed E-state index contributed by atoms with van der Waals surface area (Å²) in [6.07, 6.45) is 0. The van der Waals surface area contributed by atoms with Gasteiger partial charge in [0, 0.05) is 0 Å². The Hall–Kier alpha value is -3.55. The molecule has 7 N–H and O–H groups in total. The zero-order valence-corrected chi connectivity index (χ0v) is 13.6. The average Bonchev–Trinajstić information content (AvgIpc) is 2.59. The number of benzene rings is 2. The second-order valence-electron chi connectivity index (χ2n) is 4.94. The van der Waals surface area contributed by atoms with Crippen molar-refractivity contribution >= 4 is 23.5 Å². The van der Waals surface area contributed by atoms with Gasteiger partial charge >= 0.3 is 0 Å². The molecule has 0 aliphatic heterocycles. The Morgan fingerprint density at radius 1 is 1.00 bits per heavy atom. The van der Waals surface area contributed by atoms with E-state index in [0.29, 0.717) is 24.4 Å². The van der Waals surface area contributed by atoms with E-state index < -0.39 is 0 Å². The van der Waals surface area contributed by atoms with Crippen molar-refractivity contribution in [3.8, 4) is 5.75 Å². The number of nitrogens with two attached hydrogens (primary N) is 3. The van der Waals surface area contributed by atoms with Gasteiger partial charge in [-0.25, -0.2) is 4.99 Å². The lowest BCUT2D eigenvalue weighted by atomic mass is 10.1. The van der Waals surface area contributed by atoms with E-state index in [-0.39, 0.29) is 17.8 Å². The van der Waals surface area contributed by atoms with Crippen molar-refractivity contribution in [1.82, 2.24) is 5.32 Å². The largest absolute Gasteiger partial charge is 0.492 e. The fourth-order valence-electron chi connectivity index (χ4n) is 1.99. The van der Waals surface area contributed by atoms with Crippen LogP contribution in [0.5, 0.6) is 5.75 Å². The van der Waals surface area contributed by atoms with Crippen molar-refractivity contribution in [2.45, 2.75) is 0 Å². The minimum absolute atomic E-state index is 0.132. The Morgan fingerprint density at radius 3 is 2.40 bits per heavy atom. The first-order chi connectivity index (χ1) is 12.1. The van der Waals surface area contributed by atoms with Crippen LogP contribution in [0.25, 0.3) is 0 Å². The molecule has 0 aliphatic rings. The molecule has 8 nitrogen and oxygen atoms in total. The van der Waals surface area contributed by atoms with E-state index in [1.807, 2.05) is 30.3 Å². The molecule has 25 heavy (non-hydrogen) atoms. The maximum Gasteiger partial charge on any atom is 0.253 e. The highest BCUT2D eigenvalue weighted by Gasteiger charge is 2.10. The summed E-state index contributed by atoms with van der Waals surface area (Å²) in [4.78, 5) is 20.0. The van der Waals surface area contributed by atoms with Crippen molar-refractivity contribution in [2.75, 3.05) is 13.2 Å². The quantitative estimate of drug-likeness (QED) is 0.348. The van der Waals surface area contributed by atoms with E-state index in [1.54, 1.807) is 24.3 Å². The van der Waals surface area contributed by atoms with E-state index in [4.69, 9.17) is 21.9 Å². The van der Waals surface area contributed by atoms with Crippen molar-refractivity contribution in [2.24, 2.45) is 27.2 Å². The summed E-state index contributed by atoms with van der Waals surface area (Å²) in [6, 6.07) is 16.1. The van der Waals surface area contributed by atoms with E-state index in [9.17, 15) is 4.79 Å². The van der Waals surface area contributed by atoms with Gasteiger partial charge in [0.05, 0.1) is 17.8 Å². The molecule has 8 heteroatoms. The molecule has 0 unspecified atom stereocenters. The number of hydrogen-bond acceptors (Lipinski definition) is 3. The zero-order chi connectivity index (χ0) is 18.1. The first-order valence-corrected chi connectivity index (χ1v) is 7.55. The van der Waals surface area contributed by atoms with E-state index in [0.717, 1.165) is 5.75 Å². The molecule has 0 atom stereocenters. The third-order valence-electron chi connectivity index (χ3n) is 3.03. The van der Waals surface area contributed by atoms with Gasteiger partial charge in [0.1, 0.15) is 12.4 Å². The van der Waals surface area contributed by atoms with Crippen LogP contribution in [0.15, 0.2) is 64.6 Å². The van der Waals surface area contributed by atoms with Crippen LogP contribution in [-0.2, 0) is 0 Å². The Morgan fingerprint density at radius 2 is 1.68 bits per heavy atom. The third kappa shape index (κ3) is 5.87. The molecule has 2 rings (SSSR count). The maximum absolute atomic E-state index is 12.3. The predicted molar refractivity (Wildman–Crippen MR) is 97.8 cm³/mol. The van der Waals surface area contributed by atoms with Crippen LogP contribution >= 0.6 is 0 Å². The van der Waals surface area contributed by atoms with Gasteiger partial charge in [0.15, 0.2) is 5.96 Å². The number of amides is 1. The van der Waals surface area contributed by atoms with E-state index in [2.05, 4.69) is 15.3 Å². The molecule has 1 amide bonds. The van der Waals surface area contributed by atoms with Gasteiger partial charge in [-0.3, -0.25) is 4.79 Å². The van der Waals surface area contributed by atoms with E-state index in [1.165, 1.54) is 0 Å². The molecule has 2 aromatic carbocycles. The summed E-state index contributed by atoms with van der Waals surface area (Å²) in [5, 5.41) is 2.76. The highest BCUT2D eigenvalue weighted by Crippen LogP contribution is 2.18. The number of aliphatic imine (C=N–C) groups is 2. The number of nitrogens with one attached hydrogen (secondary N) is 1. The monoisotopic (exact) mass is 340 g/mol. The molecule has 0 aromatic heterocycles. The van der Waals surface area contributed by atoms with E-state index >= 15 is 0 Å². The lowest BCUT2D eigenvalue weighted by Crippen LogP contribution is -2.28. The second-order valence-corrected chi connectivity index (χ2v) is 4.94. The van der Waals surface area contributed by atoms with Gasteiger partial charge < -0.3 is 27.3 Å². The van der Waals surface area contributed by atoms with Crippen LogP contribution in [0, 0.1) is 0 Å². The van der Waals surface area contributed by atoms with Gasteiger partial charge in [-0.2, -0.15) is 4.99 Å². The first-order valence-electron chi connectivity index (χ1n) is 7.55. The Bertz CT molecular complexity index is 770. The lowest BCUT2D eigenvalue weighted by molar-refractivity contribution is 0.0947. The third-order valence-corrected chi connectivity index (χ3v) is 3.03. The molecule has 0 spiro atoms. The molecular formula is C17H20N6O2. The normalized spacial score (nSPS) is 10.8. The van der Waals surface area contributed by atoms with Gasteiger partial charge in [-0.05, 0) is 24.3 Å². The average molecular weight is 340 g/mol. The number of hydrogen-bond donors (Lipinski definition) is 4. The van der Waals surface area contributed by atoms with Crippen LogP contribution in [-0.4, -0.2) is 31.0 Å². The second kappa shape index (κ2) is 8.92. The fourth-order valence-corrected chi connectivity index (χ4v) is 1.99. The van der Waals surface area contributed by atoms with Crippen molar-refractivity contribution in [3.63, 3.8) is 0 Å². The number of ether oxygens (including phenoxy) is 1. The van der Waals surface area contributed by atoms with Gasteiger partial charge in [0.25, 0.3) is 5.91 Å². The topological polar surface area (TPSA) is 141 Å². The SMILES string of the molecule is NC(N)=NC(N)=Nc1ccccc1C(=O)NCCOc1ccccc1. The number of carbonyl (C=O) groups is 1. The zero-order valence-electron chi connectivity index (χ0n) is 13.6. The number of guanidine groups is 2. The molecule has 0 radical (unpaired) electrons. The Kier molecular flexibility index (Phi) is 6.35. The molecule has 0 saturated carbocycles. The van der Waals surface area contributed by atoms with Crippen molar-refractivity contribution < 1.29 is 9.53 Å². The van der Waals surface area contributed by atoms with Crippen LogP contribution in [0.3, 0.4) is 0 Å². The van der Waals surface area contributed by atoms with Crippen molar-refractivity contribution in [1.29, 1.82) is 0 Å². The minimum atomic E-state index is -0.298. The summed E-state index contributed by atoms with van der Waals surface area (Å²) in [5.41, 5.74) is 16.8. The molecule has 0 bridgehead atoms. The Labute approximate surface area is 145 Å². The maximum atomic E-state index is 12.3. The summed E-state index contributed by atoms with van der Waals surface area (Å²) in [5.74, 6) is 0.106. The first kappa shape index (κ1) is 17.8. The lowest BCUT2D eigenvalue weighted by Gasteiger charge is -2.09. The van der Waals surface area contributed by atoms with Gasteiger partial charge in [-0.1, -0.05) is 30.3 Å². The molecule has 0 heterocycles. The number of rotatable bonds is 6. The van der Waals surface area contributed by atoms with Crippen LogP contribution in [0.2, 0.25) is 0 Å². The molecule has 0 fully saturated rings. The number of nitrogens with zero attached hydrogens (tertiary/aromatic N) is 2. The summed E-state index contributed by atoms with van der Waals surface area (Å²) in [7, 11) is 0. The van der Waals surface area contributed by atoms with Crippen molar-refractivity contribution in [3.05, 3.63) is 60.2 Å². The fraction of sp³-hybridized carbons (Fsp3) is 0.118.